The van der Waals surface area contributed by atoms with E-state index in [9.17, 15) is 4.39 Å². The van der Waals surface area contributed by atoms with Crippen LogP contribution < -0.4 is 5.73 Å². The molecule has 0 aliphatic heterocycles. The number of nitriles is 1. The molecule has 0 heterocycles. The van der Waals surface area contributed by atoms with Crippen molar-refractivity contribution in [2.45, 2.75) is 11.8 Å². The Morgan fingerprint density at radius 3 is 2.75 bits per heavy atom. The van der Waals surface area contributed by atoms with Crippen molar-refractivity contribution in [3.8, 4) is 5.40 Å². The van der Waals surface area contributed by atoms with Crippen molar-refractivity contribution in [3.05, 3.63) is 23.5 Å². The van der Waals surface area contributed by atoms with Gasteiger partial charge in [-0.05, 0) is 36.4 Å². The molecule has 2 nitrogen and oxygen atoms in total. The molecule has 0 amide bonds. The van der Waals surface area contributed by atoms with Gasteiger partial charge in [0.25, 0.3) is 0 Å². The lowest BCUT2D eigenvalue weighted by molar-refractivity contribution is 0.628. The van der Waals surface area contributed by atoms with E-state index in [-0.39, 0.29) is 5.69 Å². The normalized spacial score (nSPS) is 9.42. The summed E-state index contributed by atoms with van der Waals surface area (Å²) in [6.07, 6.45) is 0. The van der Waals surface area contributed by atoms with Gasteiger partial charge in [-0.1, -0.05) is 0 Å². The van der Waals surface area contributed by atoms with Crippen molar-refractivity contribution in [1.82, 2.24) is 0 Å². The number of anilines is 1. The Labute approximate surface area is 74.2 Å². The Morgan fingerprint density at radius 2 is 2.25 bits per heavy atom. The molecular weight excluding hydrogens is 175 g/mol. The summed E-state index contributed by atoms with van der Waals surface area (Å²) in [4.78, 5) is 0.585. The van der Waals surface area contributed by atoms with Crippen molar-refractivity contribution in [2.75, 3.05) is 5.73 Å². The van der Waals surface area contributed by atoms with Gasteiger partial charge in [-0.15, -0.1) is 0 Å². The molecule has 0 aromatic heterocycles. The minimum Gasteiger partial charge on any atom is -0.396 e. The lowest BCUT2D eigenvalue weighted by atomic mass is 10.2. The third kappa shape index (κ3) is 1.69. The van der Waals surface area contributed by atoms with Gasteiger partial charge in [0.05, 0.1) is 5.69 Å². The Balaban J connectivity index is 3.14. The number of thiocyanates is 1. The molecule has 0 aliphatic carbocycles. The van der Waals surface area contributed by atoms with Crippen LogP contribution >= 0.6 is 11.8 Å². The van der Waals surface area contributed by atoms with Gasteiger partial charge in [0, 0.05) is 4.90 Å². The van der Waals surface area contributed by atoms with Gasteiger partial charge in [0.1, 0.15) is 11.2 Å². The number of hydrogen-bond acceptors (Lipinski definition) is 3. The summed E-state index contributed by atoms with van der Waals surface area (Å²) in [5.41, 5.74) is 6.19. The second-order valence-electron chi connectivity index (χ2n) is 2.33. The Hall–Kier alpha value is -1.21. The van der Waals surface area contributed by atoms with Crippen LogP contribution in [0.15, 0.2) is 17.0 Å². The van der Waals surface area contributed by atoms with Gasteiger partial charge in [-0.2, -0.15) is 5.26 Å². The number of nitrogens with two attached hydrogens (primary N) is 1. The van der Waals surface area contributed by atoms with Gasteiger partial charge < -0.3 is 5.73 Å². The van der Waals surface area contributed by atoms with Crippen molar-refractivity contribution in [1.29, 1.82) is 5.26 Å². The first-order chi connectivity index (χ1) is 5.65. The maximum Gasteiger partial charge on any atom is 0.147 e. The number of benzene rings is 1. The van der Waals surface area contributed by atoms with Crippen LogP contribution in [-0.2, 0) is 0 Å². The first-order valence-corrected chi connectivity index (χ1v) is 4.08. The molecule has 2 N–H and O–H groups in total. The highest BCUT2D eigenvalue weighted by atomic mass is 32.2. The summed E-state index contributed by atoms with van der Waals surface area (Å²) in [6, 6.07) is 2.95. The highest BCUT2D eigenvalue weighted by molar-refractivity contribution is 8.03. The highest BCUT2D eigenvalue weighted by Gasteiger charge is 2.04. The fraction of sp³-hybridized carbons (Fsp3) is 0.125. The van der Waals surface area contributed by atoms with E-state index < -0.39 is 5.82 Å². The van der Waals surface area contributed by atoms with E-state index in [2.05, 4.69) is 0 Å². The van der Waals surface area contributed by atoms with E-state index in [1.807, 2.05) is 5.40 Å². The zero-order valence-electron chi connectivity index (χ0n) is 6.47. The maximum absolute atomic E-state index is 12.9. The largest absolute Gasteiger partial charge is 0.396 e. The Bertz CT molecular complexity index is 320. The van der Waals surface area contributed by atoms with E-state index >= 15 is 0 Å². The van der Waals surface area contributed by atoms with Gasteiger partial charge >= 0.3 is 0 Å². The molecule has 0 atom stereocenters. The standard InChI is InChI=1S/C8H7FN2S/c1-5-2-6(12-4-10)3-7(9)8(5)11/h2-3H,11H2,1H3. The van der Waals surface area contributed by atoms with E-state index in [0.29, 0.717) is 10.5 Å². The quantitative estimate of drug-likeness (QED) is 0.412. The van der Waals surface area contributed by atoms with Gasteiger partial charge in [0.15, 0.2) is 0 Å². The minimum absolute atomic E-state index is 0.150. The molecule has 62 valence electrons. The van der Waals surface area contributed by atoms with Crippen LogP contribution in [0, 0.1) is 23.4 Å². The molecule has 0 bridgehead atoms. The first kappa shape index (κ1) is 8.88. The van der Waals surface area contributed by atoms with Gasteiger partial charge in [-0.3, -0.25) is 0 Å². The third-order valence-electron chi connectivity index (χ3n) is 1.47. The minimum atomic E-state index is -0.465. The zero-order valence-corrected chi connectivity index (χ0v) is 7.28. The zero-order chi connectivity index (χ0) is 9.14. The van der Waals surface area contributed by atoms with Crippen LogP contribution in [-0.4, -0.2) is 0 Å². The monoisotopic (exact) mass is 182 g/mol. The first-order valence-electron chi connectivity index (χ1n) is 3.26. The molecule has 0 unspecified atom stereocenters. The van der Waals surface area contributed by atoms with Gasteiger partial charge in [-0.25, -0.2) is 4.39 Å². The molecule has 1 aromatic carbocycles. The molecule has 1 rings (SSSR count). The summed E-state index contributed by atoms with van der Waals surface area (Å²) < 4.78 is 12.9. The lowest BCUT2D eigenvalue weighted by Gasteiger charge is -2.02. The van der Waals surface area contributed by atoms with Gasteiger partial charge in [0.2, 0.25) is 0 Å². The predicted molar refractivity (Wildman–Crippen MR) is 47.0 cm³/mol. The van der Waals surface area contributed by atoms with Crippen molar-refractivity contribution < 1.29 is 4.39 Å². The number of halogens is 1. The molecule has 0 saturated heterocycles. The number of thioether (sulfide) groups is 1. The number of aryl methyl sites for hydroxylation is 1. The lowest BCUT2D eigenvalue weighted by Crippen LogP contribution is -1.94. The number of rotatable bonds is 1. The summed E-state index contributed by atoms with van der Waals surface area (Å²) >= 11 is 0.922. The molecule has 0 radical (unpaired) electrons. The third-order valence-corrected chi connectivity index (χ3v) is 2.04. The number of hydrogen-bond donors (Lipinski definition) is 1. The van der Waals surface area contributed by atoms with Crippen LogP contribution in [0.25, 0.3) is 0 Å². The van der Waals surface area contributed by atoms with E-state index in [4.69, 9.17) is 11.0 Å². The number of nitrogens with zero attached hydrogens (tertiary/aromatic N) is 1. The van der Waals surface area contributed by atoms with E-state index in [1.165, 1.54) is 6.07 Å². The molecule has 0 spiro atoms. The average Bonchev–Trinajstić information content (AvgIpc) is 2.01. The summed E-state index contributed by atoms with van der Waals surface area (Å²) in [6.45, 7) is 1.71. The predicted octanol–water partition coefficient (Wildman–Crippen LogP) is 2.29. The topological polar surface area (TPSA) is 49.8 Å². The molecule has 0 saturated carbocycles. The molecule has 4 heteroatoms. The smallest absolute Gasteiger partial charge is 0.147 e. The molecule has 12 heavy (non-hydrogen) atoms. The molecule has 1 aromatic rings. The van der Waals surface area contributed by atoms with Crippen LogP contribution in [0.3, 0.4) is 0 Å². The Kier molecular flexibility index (Phi) is 2.56. The van der Waals surface area contributed by atoms with Crippen molar-refractivity contribution >= 4 is 17.4 Å². The fourth-order valence-electron chi connectivity index (χ4n) is 0.835. The Morgan fingerprint density at radius 1 is 1.58 bits per heavy atom. The van der Waals surface area contributed by atoms with Crippen LogP contribution in [0.1, 0.15) is 5.56 Å². The highest BCUT2D eigenvalue weighted by Crippen LogP contribution is 2.24. The van der Waals surface area contributed by atoms with Crippen molar-refractivity contribution in [3.63, 3.8) is 0 Å². The maximum atomic E-state index is 12.9. The summed E-state index contributed by atoms with van der Waals surface area (Å²) in [5, 5.41) is 10.2. The molecular formula is C8H7FN2S. The van der Waals surface area contributed by atoms with E-state index in [0.717, 1.165) is 11.8 Å². The van der Waals surface area contributed by atoms with E-state index in [1.54, 1.807) is 13.0 Å². The second kappa shape index (κ2) is 3.46. The average molecular weight is 182 g/mol. The van der Waals surface area contributed by atoms with Crippen LogP contribution in [0.5, 0.6) is 0 Å². The second-order valence-corrected chi connectivity index (χ2v) is 3.19. The van der Waals surface area contributed by atoms with Crippen LogP contribution in [0.2, 0.25) is 0 Å². The van der Waals surface area contributed by atoms with Crippen LogP contribution in [0.4, 0.5) is 10.1 Å². The van der Waals surface area contributed by atoms with Crippen molar-refractivity contribution in [2.24, 2.45) is 0 Å². The summed E-state index contributed by atoms with van der Waals surface area (Å²) in [7, 11) is 0. The SMILES string of the molecule is Cc1cc(SC#N)cc(F)c1N. The fourth-order valence-corrected chi connectivity index (χ4v) is 1.34. The molecule has 0 fully saturated rings. The molecule has 0 aliphatic rings. The summed E-state index contributed by atoms with van der Waals surface area (Å²) in [5.74, 6) is -0.465. The number of nitrogen functional groups attached to an aromatic ring is 1.